The van der Waals surface area contributed by atoms with Crippen LogP contribution in [0.4, 0.5) is 15.8 Å². The van der Waals surface area contributed by atoms with Gasteiger partial charge in [-0.05, 0) is 29.8 Å². The van der Waals surface area contributed by atoms with Crippen LogP contribution in [0.3, 0.4) is 0 Å². The number of nitrogens with zero attached hydrogens (tertiary/aromatic N) is 3. The topological polar surface area (TPSA) is 84.8 Å². The highest BCUT2D eigenvalue weighted by molar-refractivity contribution is 5.90. The fourth-order valence-corrected chi connectivity index (χ4v) is 2.63. The maximum absolute atomic E-state index is 13.1. The summed E-state index contributed by atoms with van der Waals surface area (Å²) in [6, 6.07) is 12.2. The van der Waals surface area contributed by atoms with Gasteiger partial charge in [-0.1, -0.05) is 12.1 Å². The molecule has 2 aromatic rings. The number of hydrazone groups is 1. The maximum atomic E-state index is 13.1. The van der Waals surface area contributed by atoms with Crippen LogP contribution in [0.5, 0.6) is 0 Å². The predicted octanol–water partition coefficient (Wildman–Crippen LogP) is 3.00. The van der Waals surface area contributed by atoms with Crippen LogP contribution >= 0.6 is 0 Å². The van der Waals surface area contributed by atoms with E-state index in [0.717, 1.165) is 11.3 Å². The summed E-state index contributed by atoms with van der Waals surface area (Å²) in [5, 5.41) is 17.2. The lowest BCUT2D eigenvalue weighted by Gasteiger charge is -2.24. The average Bonchev–Trinajstić information content (AvgIpc) is 3.00. The SMILES string of the molecule is NCC1=NN(c2ccc(F)cc2)C(c2cccc([N+](=O)[O-])c2)C1. The van der Waals surface area contributed by atoms with Crippen molar-refractivity contribution in [2.45, 2.75) is 12.5 Å². The molecular weight excluding hydrogens is 299 g/mol. The summed E-state index contributed by atoms with van der Waals surface area (Å²) < 4.78 is 13.1. The van der Waals surface area contributed by atoms with Crippen molar-refractivity contribution in [1.82, 2.24) is 0 Å². The molecule has 1 aliphatic heterocycles. The molecule has 0 aromatic heterocycles. The van der Waals surface area contributed by atoms with Crippen molar-refractivity contribution in [2.24, 2.45) is 10.8 Å². The van der Waals surface area contributed by atoms with Gasteiger partial charge in [-0.15, -0.1) is 0 Å². The van der Waals surface area contributed by atoms with Gasteiger partial charge in [0.25, 0.3) is 5.69 Å². The number of non-ortho nitro benzene ring substituents is 1. The second-order valence-corrected chi connectivity index (χ2v) is 5.26. The number of nitro benzene ring substituents is 1. The van der Waals surface area contributed by atoms with E-state index in [2.05, 4.69) is 5.10 Å². The molecule has 1 aliphatic rings. The van der Waals surface area contributed by atoms with Crippen LogP contribution in [0, 0.1) is 15.9 Å². The number of hydrogen-bond donors (Lipinski definition) is 1. The van der Waals surface area contributed by atoms with Crippen LogP contribution in [0.25, 0.3) is 0 Å². The number of rotatable bonds is 4. The first-order chi connectivity index (χ1) is 11.1. The molecule has 1 atom stereocenters. The minimum Gasteiger partial charge on any atom is -0.325 e. The summed E-state index contributed by atoms with van der Waals surface area (Å²) in [7, 11) is 0. The van der Waals surface area contributed by atoms with E-state index in [0.29, 0.717) is 18.7 Å². The lowest BCUT2D eigenvalue weighted by Crippen LogP contribution is -2.18. The molecule has 0 fully saturated rings. The highest BCUT2D eigenvalue weighted by Gasteiger charge is 2.29. The van der Waals surface area contributed by atoms with E-state index in [1.165, 1.54) is 24.3 Å². The van der Waals surface area contributed by atoms with Crippen LogP contribution in [0.1, 0.15) is 18.0 Å². The third-order valence-corrected chi connectivity index (χ3v) is 3.77. The van der Waals surface area contributed by atoms with Gasteiger partial charge in [0.05, 0.1) is 22.4 Å². The molecule has 0 saturated heterocycles. The largest absolute Gasteiger partial charge is 0.325 e. The first-order valence-corrected chi connectivity index (χ1v) is 7.14. The Morgan fingerprint density at radius 2 is 2.04 bits per heavy atom. The molecule has 2 N–H and O–H groups in total. The van der Waals surface area contributed by atoms with E-state index in [9.17, 15) is 14.5 Å². The van der Waals surface area contributed by atoms with Gasteiger partial charge in [0, 0.05) is 25.1 Å². The Kier molecular flexibility index (Phi) is 4.03. The quantitative estimate of drug-likeness (QED) is 0.694. The molecule has 0 amide bonds. The van der Waals surface area contributed by atoms with Gasteiger partial charge in [0.15, 0.2) is 0 Å². The number of benzene rings is 2. The van der Waals surface area contributed by atoms with Crippen molar-refractivity contribution in [3.05, 3.63) is 70.0 Å². The zero-order chi connectivity index (χ0) is 16.4. The van der Waals surface area contributed by atoms with Crippen LogP contribution in [-0.4, -0.2) is 17.2 Å². The molecule has 7 heteroatoms. The van der Waals surface area contributed by atoms with E-state index in [-0.39, 0.29) is 17.5 Å². The number of nitrogens with two attached hydrogens (primary N) is 1. The summed E-state index contributed by atoms with van der Waals surface area (Å²) in [4.78, 5) is 10.6. The lowest BCUT2D eigenvalue weighted by molar-refractivity contribution is -0.384. The van der Waals surface area contributed by atoms with E-state index in [1.54, 1.807) is 23.2 Å². The van der Waals surface area contributed by atoms with Gasteiger partial charge in [0.1, 0.15) is 5.82 Å². The molecule has 3 rings (SSSR count). The first-order valence-electron chi connectivity index (χ1n) is 7.14. The summed E-state index contributed by atoms with van der Waals surface area (Å²) in [5.41, 5.74) is 8.01. The Morgan fingerprint density at radius 1 is 1.30 bits per heavy atom. The van der Waals surface area contributed by atoms with E-state index < -0.39 is 4.92 Å². The van der Waals surface area contributed by atoms with Crippen molar-refractivity contribution in [2.75, 3.05) is 11.6 Å². The molecule has 0 bridgehead atoms. The minimum atomic E-state index is -0.425. The van der Waals surface area contributed by atoms with Crippen LogP contribution in [0.2, 0.25) is 0 Å². The van der Waals surface area contributed by atoms with Gasteiger partial charge in [0.2, 0.25) is 0 Å². The van der Waals surface area contributed by atoms with Crippen molar-refractivity contribution in [3.8, 4) is 0 Å². The van der Waals surface area contributed by atoms with Crippen molar-refractivity contribution in [3.63, 3.8) is 0 Å². The summed E-state index contributed by atoms with van der Waals surface area (Å²) in [6.07, 6.45) is 0.578. The van der Waals surface area contributed by atoms with Gasteiger partial charge < -0.3 is 5.73 Å². The van der Waals surface area contributed by atoms with Crippen molar-refractivity contribution >= 4 is 17.1 Å². The standard InChI is InChI=1S/C16H15FN4O2/c17-12-4-6-14(7-5-12)20-16(9-13(10-18)19-20)11-2-1-3-15(8-11)21(22)23/h1-8,16H,9-10,18H2. The van der Waals surface area contributed by atoms with E-state index in [4.69, 9.17) is 5.73 Å². The van der Waals surface area contributed by atoms with Gasteiger partial charge in [-0.25, -0.2) is 4.39 Å². The Labute approximate surface area is 132 Å². The normalized spacial score (nSPS) is 17.2. The third kappa shape index (κ3) is 3.04. The molecule has 0 radical (unpaired) electrons. The first kappa shape index (κ1) is 15.1. The maximum Gasteiger partial charge on any atom is 0.269 e. The molecule has 0 aliphatic carbocycles. The third-order valence-electron chi connectivity index (χ3n) is 3.77. The zero-order valence-corrected chi connectivity index (χ0v) is 12.2. The monoisotopic (exact) mass is 314 g/mol. The molecular formula is C16H15FN4O2. The fourth-order valence-electron chi connectivity index (χ4n) is 2.63. The molecule has 118 valence electrons. The van der Waals surface area contributed by atoms with Gasteiger partial charge in [-0.2, -0.15) is 5.10 Å². The fraction of sp³-hybridized carbons (Fsp3) is 0.188. The predicted molar refractivity (Wildman–Crippen MR) is 85.8 cm³/mol. The Hall–Kier alpha value is -2.80. The van der Waals surface area contributed by atoms with Crippen LogP contribution < -0.4 is 10.7 Å². The lowest BCUT2D eigenvalue weighted by atomic mass is 10.0. The molecule has 0 saturated carbocycles. The number of anilines is 1. The number of halogens is 1. The van der Waals surface area contributed by atoms with E-state index in [1.807, 2.05) is 6.07 Å². The molecule has 1 unspecified atom stereocenters. The molecule has 2 aromatic carbocycles. The smallest absolute Gasteiger partial charge is 0.269 e. The average molecular weight is 314 g/mol. The summed E-state index contributed by atoms with van der Waals surface area (Å²) in [6.45, 7) is 0.309. The van der Waals surface area contributed by atoms with Gasteiger partial charge in [-0.3, -0.25) is 15.1 Å². The second-order valence-electron chi connectivity index (χ2n) is 5.26. The summed E-state index contributed by atoms with van der Waals surface area (Å²) in [5.74, 6) is -0.331. The zero-order valence-electron chi connectivity index (χ0n) is 12.2. The van der Waals surface area contributed by atoms with Crippen LogP contribution in [0.15, 0.2) is 53.6 Å². The Balaban J connectivity index is 1.98. The van der Waals surface area contributed by atoms with Crippen LogP contribution in [-0.2, 0) is 0 Å². The van der Waals surface area contributed by atoms with Gasteiger partial charge >= 0.3 is 0 Å². The molecule has 6 nitrogen and oxygen atoms in total. The Morgan fingerprint density at radius 3 is 2.70 bits per heavy atom. The Bertz CT molecular complexity index is 761. The number of hydrogen-bond acceptors (Lipinski definition) is 5. The molecule has 23 heavy (non-hydrogen) atoms. The molecule has 1 heterocycles. The van der Waals surface area contributed by atoms with Crippen molar-refractivity contribution in [1.29, 1.82) is 0 Å². The summed E-state index contributed by atoms with van der Waals surface area (Å²) >= 11 is 0. The van der Waals surface area contributed by atoms with E-state index >= 15 is 0 Å². The highest BCUT2D eigenvalue weighted by atomic mass is 19.1. The van der Waals surface area contributed by atoms with Crippen molar-refractivity contribution < 1.29 is 9.31 Å². The second kappa shape index (κ2) is 6.13. The molecule has 0 spiro atoms. The number of nitro groups is 1. The minimum absolute atomic E-state index is 0.0303. The highest BCUT2D eigenvalue weighted by Crippen LogP contribution is 2.36.